The van der Waals surface area contributed by atoms with Crippen LogP contribution in [0, 0.1) is 0 Å². The van der Waals surface area contributed by atoms with Crippen molar-refractivity contribution in [1.82, 2.24) is 4.90 Å². The molecule has 2 aliphatic rings. The Hall–Kier alpha value is -3.55. The Morgan fingerprint density at radius 1 is 1.06 bits per heavy atom. The Morgan fingerprint density at radius 2 is 1.79 bits per heavy atom. The Labute approximate surface area is 193 Å². The van der Waals surface area contributed by atoms with Gasteiger partial charge in [0, 0.05) is 17.8 Å². The van der Waals surface area contributed by atoms with Crippen molar-refractivity contribution in [3.8, 4) is 11.5 Å². The summed E-state index contributed by atoms with van der Waals surface area (Å²) in [6.07, 6.45) is 3.58. The fourth-order valence-electron chi connectivity index (χ4n) is 4.57. The SMILES string of the molecule is CCOc1ccc(NC(=O)C[C@@H]2C(=O)N(c3cccc(OC)c3)C(=O)N2C2CCCC2)cc1. The number of anilines is 2. The smallest absolute Gasteiger partial charge is 0.332 e. The highest BCUT2D eigenvalue weighted by molar-refractivity contribution is 6.22. The number of amides is 4. The quantitative estimate of drug-likeness (QED) is 0.608. The fraction of sp³-hybridized carbons (Fsp3) is 0.400. The molecule has 2 aromatic rings. The first-order valence-corrected chi connectivity index (χ1v) is 11.3. The molecule has 1 heterocycles. The second-order valence-electron chi connectivity index (χ2n) is 8.23. The van der Waals surface area contributed by atoms with Crippen molar-refractivity contribution in [3.63, 3.8) is 0 Å². The van der Waals surface area contributed by atoms with Crippen molar-refractivity contribution in [2.45, 2.75) is 51.1 Å². The van der Waals surface area contributed by atoms with Crippen LogP contribution in [0.3, 0.4) is 0 Å². The number of urea groups is 1. The molecule has 2 aromatic carbocycles. The zero-order valence-electron chi connectivity index (χ0n) is 19.0. The van der Waals surface area contributed by atoms with Crippen LogP contribution >= 0.6 is 0 Å². The van der Waals surface area contributed by atoms with Crippen LogP contribution in [0.25, 0.3) is 0 Å². The molecule has 0 radical (unpaired) electrons. The van der Waals surface area contributed by atoms with E-state index in [0.717, 1.165) is 25.7 Å². The van der Waals surface area contributed by atoms with Crippen molar-refractivity contribution >= 4 is 29.2 Å². The molecular weight excluding hydrogens is 422 g/mol. The van der Waals surface area contributed by atoms with E-state index in [1.54, 1.807) is 53.4 Å². The molecule has 0 unspecified atom stereocenters. The van der Waals surface area contributed by atoms with Crippen LogP contribution in [-0.2, 0) is 9.59 Å². The molecule has 8 nitrogen and oxygen atoms in total. The molecule has 0 bridgehead atoms. The largest absolute Gasteiger partial charge is 0.497 e. The molecule has 4 amide bonds. The molecule has 174 valence electrons. The minimum Gasteiger partial charge on any atom is -0.497 e. The van der Waals surface area contributed by atoms with E-state index < -0.39 is 6.04 Å². The van der Waals surface area contributed by atoms with Gasteiger partial charge in [-0.3, -0.25) is 9.59 Å². The molecule has 1 aliphatic heterocycles. The Morgan fingerprint density at radius 3 is 2.45 bits per heavy atom. The zero-order valence-corrected chi connectivity index (χ0v) is 19.0. The average Bonchev–Trinajstić information content (AvgIpc) is 3.42. The summed E-state index contributed by atoms with van der Waals surface area (Å²) in [4.78, 5) is 42.5. The zero-order chi connectivity index (χ0) is 23.4. The van der Waals surface area contributed by atoms with Gasteiger partial charge in [-0.2, -0.15) is 0 Å². The summed E-state index contributed by atoms with van der Waals surface area (Å²) in [6, 6.07) is 12.7. The lowest BCUT2D eigenvalue weighted by molar-refractivity contribution is -0.124. The summed E-state index contributed by atoms with van der Waals surface area (Å²) in [6.45, 7) is 2.46. The highest BCUT2D eigenvalue weighted by atomic mass is 16.5. The number of nitrogens with zero attached hydrogens (tertiary/aromatic N) is 2. The molecule has 4 rings (SSSR count). The normalized spacial score (nSPS) is 18.7. The third kappa shape index (κ3) is 4.79. The van der Waals surface area contributed by atoms with Gasteiger partial charge in [0.05, 0.1) is 25.8 Å². The lowest BCUT2D eigenvalue weighted by atomic mass is 10.1. The number of rotatable bonds is 8. The van der Waals surface area contributed by atoms with Gasteiger partial charge in [0.2, 0.25) is 5.91 Å². The summed E-state index contributed by atoms with van der Waals surface area (Å²) in [5.74, 6) is 0.563. The van der Waals surface area contributed by atoms with Gasteiger partial charge in [0.25, 0.3) is 5.91 Å². The second-order valence-corrected chi connectivity index (χ2v) is 8.23. The molecule has 1 saturated heterocycles. The molecule has 33 heavy (non-hydrogen) atoms. The van der Waals surface area contributed by atoms with Gasteiger partial charge in [-0.05, 0) is 56.2 Å². The minimum atomic E-state index is -0.838. The number of hydrogen-bond donors (Lipinski definition) is 1. The molecule has 1 atom stereocenters. The standard InChI is InChI=1S/C25H29N3O5/c1-3-33-20-13-11-17(12-14-20)26-23(29)16-22-24(30)28(19-9-6-10-21(15-19)32-2)25(31)27(22)18-7-4-5-8-18/h6,9-15,18,22H,3-5,7-8,16H2,1-2H3,(H,26,29)/t22-/m1/s1. The third-order valence-electron chi connectivity index (χ3n) is 6.11. The maximum atomic E-state index is 13.4. The van der Waals surface area contributed by atoms with E-state index in [-0.39, 0.29) is 30.3 Å². The van der Waals surface area contributed by atoms with Crippen LogP contribution in [-0.4, -0.2) is 48.5 Å². The maximum absolute atomic E-state index is 13.4. The van der Waals surface area contributed by atoms with Gasteiger partial charge in [0.1, 0.15) is 17.5 Å². The predicted octanol–water partition coefficient (Wildman–Crippen LogP) is 4.20. The van der Waals surface area contributed by atoms with Crippen molar-refractivity contribution in [2.24, 2.45) is 0 Å². The van der Waals surface area contributed by atoms with E-state index in [1.807, 2.05) is 6.92 Å². The molecule has 1 aliphatic carbocycles. The first-order chi connectivity index (χ1) is 16.0. The Balaban J connectivity index is 1.54. The van der Waals surface area contributed by atoms with Gasteiger partial charge >= 0.3 is 6.03 Å². The van der Waals surface area contributed by atoms with E-state index in [0.29, 0.717) is 29.5 Å². The van der Waals surface area contributed by atoms with E-state index in [4.69, 9.17) is 9.47 Å². The molecule has 1 saturated carbocycles. The number of methoxy groups -OCH3 is 1. The molecular formula is C25H29N3O5. The average molecular weight is 452 g/mol. The number of nitrogens with one attached hydrogen (secondary N) is 1. The van der Waals surface area contributed by atoms with Crippen LogP contribution in [0.1, 0.15) is 39.0 Å². The number of carbonyl (C=O) groups is 3. The minimum absolute atomic E-state index is 0.0414. The molecule has 8 heteroatoms. The highest BCUT2D eigenvalue weighted by Gasteiger charge is 2.49. The second kappa shape index (κ2) is 9.94. The Kier molecular flexibility index (Phi) is 6.82. The van der Waals surface area contributed by atoms with E-state index in [2.05, 4.69) is 5.32 Å². The summed E-state index contributed by atoms with van der Waals surface area (Å²) >= 11 is 0. The molecule has 1 N–H and O–H groups in total. The topological polar surface area (TPSA) is 88.2 Å². The first-order valence-electron chi connectivity index (χ1n) is 11.3. The van der Waals surface area contributed by atoms with Crippen molar-refractivity contribution in [3.05, 3.63) is 48.5 Å². The monoisotopic (exact) mass is 451 g/mol. The van der Waals surface area contributed by atoms with Crippen LogP contribution in [0.15, 0.2) is 48.5 Å². The third-order valence-corrected chi connectivity index (χ3v) is 6.11. The van der Waals surface area contributed by atoms with E-state index >= 15 is 0 Å². The number of hydrogen-bond acceptors (Lipinski definition) is 5. The molecule has 0 spiro atoms. The maximum Gasteiger partial charge on any atom is 0.332 e. The van der Waals surface area contributed by atoms with Crippen molar-refractivity contribution in [1.29, 1.82) is 0 Å². The number of carbonyl (C=O) groups excluding carboxylic acids is 3. The van der Waals surface area contributed by atoms with Crippen LogP contribution in [0.5, 0.6) is 11.5 Å². The summed E-state index contributed by atoms with van der Waals surface area (Å²) < 4.78 is 10.7. The van der Waals surface area contributed by atoms with E-state index in [1.165, 1.54) is 12.0 Å². The Bertz CT molecular complexity index is 1020. The molecule has 2 fully saturated rings. The summed E-state index contributed by atoms with van der Waals surface area (Å²) in [7, 11) is 1.53. The van der Waals surface area contributed by atoms with Crippen molar-refractivity contribution < 1.29 is 23.9 Å². The van der Waals surface area contributed by atoms with Gasteiger partial charge < -0.3 is 19.7 Å². The number of benzene rings is 2. The van der Waals surface area contributed by atoms with Gasteiger partial charge in [-0.1, -0.05) is 18.9 Å². The lowest BCUT2D eigenvalue weighted by Crippen LogP contribution is -2.43. The van der Waals surface area contributed by atoms with Crippen molar-refractivity contribution in [2.75, 3.05) is 23.9 Å². The number of ether oxygens (including phenoxy) is 2. The summed E-state index contributed by atoms with van der Waals surface area (Å²) in [5.41, 5.74) is 1.05. The highest BCUT2D eigenvalue weighted by Crippen LogP contribution is 2.35. The van der Waals surface area contributed by atoms with Gasteiger partial charge in [0.15, 0.2) is 0 Å². The first kappa shape index (κ1) is 22.6. The number of imide groups is 1. The molecule has 0 aromatic heterocycles. The lowest BCUT2D eigenvalue weighted by Gasteiger charge is -2.27. The van der Waals surface area contributed by atoms with E-state index in [9.17, 15) is 14.4 Å². The van der Waals surface area contributed by atoms with Gasteiger partial charge in [-0.25, -0.2) is 9.69 Å². The summed E-state index contributed by atoms with van der Waals surface area (Å²) in [5, 5.41) is 2.83. The van der Waals surface area contributed by atoms with Gasteiger partial charge in [-0.15, -0.1) is 0 Å². The van der Waals surface area contributed by atoms with Crippen LogP contribution in [0.2, 0.25) is 0 Å². The van der Waals surface area contributed by atoms with Crippen LogP contribution in [0.4, 0.5) is 16.2 Å². The van der Waals surface area contributed by atoms with Crippen LogP contribution < -0.4 is 19.7 Å². The predicted molar refractivity (Wildman–Crippen MR) is 125 cm³/mol. The fourth-order valence-corrected chi connectivity index (χ4v) is 4.57.